The quantitative estimate of drug-likeness (QED) is 0.866. The summed E-state index contributed by atoms with van der Waals surface area (Å²) in [5.74, 6) is 1.52. The van der Waals surface area contributed by atoms with Gasteiger partial charge in [0, 0.05) is 25.2 Å². The highest BCUT2D eigenvalue weighted by Crippen LogP contribution is 2.53. The van der Waals surface area contributed by atoms with Gasteiger partial charge in [0.15, 0.2) is 0 Å². The van der Waals surface area contributed by atoms with E-state index in [9.17, 15) is 9.59 Å². The molecule has 2 aromatic heterocycles. The van der Waals surface area contributed by atoms with Gasteiger partial charge in [0.1, 0.15) is 11.4 Å². The van der Waals surface area contributed by atoms with Crippen LogP contribution >= 0.6 is 0 Å². The molecule has 5 rings (SSSR count). The fraction of sp³-hybridized carbons (Fsp3) is 0.591. The van der Waals surface area contributed by atoms with Crippen molar-refractivity contribution in [2.24, 2.45) is 17.8 Å². The predicted molar refractivity (Wildman–Crippen MR) is 107 cm³/mol. The number of ether oxygens (including phenoxy) is 1. The van der Waals surface area contributed by atoms with E-state index in [1.54, 1.807) is 4.90 Å². The number of carbonyl (C=O) groups is 2. The van der Waals surface area contributed by atoms with Gasteiger partial charge < -0.3 is 19.4 Å². The van der Waals surface area contributed by atoms with E-state index in [-0.39, 0.29) is 35.3 Å². The molecule has 29 heavy (non-hydrogen) atoms. The third-order valence-electron chi connectivity index (χ3n) is 6.47. The number of hydrogen-bond donors (Lipinski definition) is 1. The molecule has 3 fully saturated rings. The minimum absolute atomic E-state index is 0.000811. The summed E-state index contributed by atoms with van der Waals surface area (Å²) in [6, 6.07) is 4.09. The van der Waals surface area contributed by atoms with E-state index in [4.69, 9.17) is 4.74 Å². The van der Waals surface area contributed by atoms with E-state index in [1.807, 2.05) is 39.2 Å². The molecule has 3 atom stereocenters. The summed E-state index contributed by atoms with van der Waals surface area (Å²) in [5, 5.41) is 3.30. The number of rotatable bonds is 3. The fourth-order valence-corrected chi connectivity index (χ4v) is 4.76. The number of aromatic nitrogens is 2. The molecule has 1 saturated heterocycles. The Morgan fingerprint density at radius 1 is 1.24 bits per heavy atom. The molecule has 2 aliphatic carbocycles. The zero-order valence-corrected chi connectivity index (χ0v) is 17.4. The summed E-state index contributed by atoms with van der Waals surface area (Å²) in [5.41, 5.74) is 1.41. The number of imidazole rings is 1. The SMILES string of the molecule is Cc1cccn2c(C3(NC(=O)[C@H]4[C@@H]5CN(C(=O)OC(C)(C)C)C[C@@H]54)CC3)ncc12. The predicted octanol–water partition coefficient (Wildman–Crippen LogP) is 2.86. The van der Waals surface area contributed by atoms with Gasteiger partial charge in [-0.25, -0.2) is 9.78 Å². The molecule has 1 aliphatic heterocycles. The van der Waals surface area contributed by atoms with Crippen LogP contribution in [0.3, 0.4) is 0 Å². The molecule has 7 heteroatoms. The van der Waals surface area contributed by atoms with Crippen molar-refractivity contribution in [2.45, 2.75) is 51.7 Å². The average molecular weight is 396 g/mol. The molecule has 0 spiro atoms. The lowest BCUT2D eigenvalue weighted by molar-refractivity contribution is -0.124. The maximum absolute atomic E-state index is 13.0. The second-order valence-electron chi connectivity index (χ2n) is 9.84. The first-order valence-corrected chi connectivity index (χ1v) is 10.4. The van der Waals surface area contributed by atoms with Crippen LogP contribution in [0.15, 0.2) is 24.5 Å². The number of aryl methyl sites for hydroxylation is 1. The molecule has 3 heterocycles. The Bertz CT molecular complexity index is 989. The summed E-state index contributed by atoms with van der Waals surface area (Å²) in [6.07, 6.45) is 5.46. The van der Waals surface area contributed by atoms with Crippen molar-refractivity contribution >= 4 is 17.5 Å². The number of hydrogen-bond acceptors (Lipinski definition) is 4. The van der Waals surface area contributed by atoms with Crippen molar-refractivity contribution in [1.29, 1.82) is 0 Å². The van der Waals surface area contributed by atoms with Crippen molar-refractivity contribution in [2.75, 3.05) is 13.1 Å². The van der Waals surface area contributed by atoms with Gasteiger partial charge in [-0.05, 0) is 64.0 Å². The van der Waals surface area contributed by atoms with Crippen molar-refractivity contribution in [3.8, 4) is 0 Å². The lowest BCUT2D eigenvalue weighted by Crippen LogP contribution is -2.41. The number of nitrogens with zero attached hydrogens (tertiary/aromatic N) is 3. The highest BCUT2D eigenvalue weighted by molar-refractivity contribution is 5.84. The third kappa shape index (κ3) is 3.07. The van der Waals surface area contributed by atoms with Gasteiger partial charge in [-0.3, -0.25) is 4.79 Å². The largest absolute Gasteiger partial charge is 0.444 e. The second kappa shape index (κ2) is 5.97. The maximum Gasteiger partial charge on any atom is 0.410 e. The summed E-state index contributed by atoms with van der Waals surface area (Å²) in [6.45, 7) is 8.89. The first-order valence-electron chi connectivity index (χ1n) is 10.4. The Morgan fingerprint density at radius 2 is 1.93 bits per heavy atom. The number of pyridine rings is 1. The second-order valence-corrected chi connectivity index (χ2v) is 9.84. The van der Waals surface area contributed by atoms with Crippen molar-refractivity contribution < 1.29 is 14.3 Å². The van der Waals surface area contributed by atoms with Gasteiger partial charge in [-0.15, -0.1) is 0 Å². The maximum atomic E-state index is 13.0. The molecule has 154 valence electrons. The lowest BCUT2D eigenvalue weighted by atomic mass is 10.2. The number of amides is 2. The van der Waals surface area contributed by atoms with Crippen LogP contribution in [0, 0.1) is 24.7 Å². The molecule has 0 radical (unpaired) electrons. The van der Waals surface area contributed by atoms with Crippen LogP contribution in [0.4, 0.5) is 4.79 Å². The van der Waals surface area contributed by atoms with Gasteiger partial charge >= 0.3 is 6.09 Å². The topological polar surface area (TPSA) is 75.9 Å². The van der Waals surface area contributed by atoms with Crippen LogP contribution < -0.4 is 5.32 Å². The molecule has 7 nitrogen and oxygen atoms in total. The van der Waals surface area contributed by atoms with Gasteiger partial charge in [0.2, 0.25) is 5.91 Å². The highest BCUT2D eigenvalue weighted by atomic mass is 16.6. The van der Waals surface area contributed by atoms with Crippen LogP contribution in [-0.2, 0) is 15.1 Å². The van der Waals surface area contributed by atoms with Crippen LogP contribution in [0.2, 0.25) is 0 Å². The normalized spacial score (nSPS) is 26.9. The first kappa shape index (κ1) is 18.5. The minimum Gasteiger partial charge on any atom is -0.444 e. The molecule has 2 amide bonds. The van der Waals surface area contributed by atoms with Crippen LogP contribution in [-0.4, -0.2) is 45.0 Å². The smallest absolute Gasteiger partial charge is 0.410 e. The molecule has 2 aromatic rings. The Kier molecular flexibility index (Phi) is 3.80. The number of fused-ring (bicyclic) bond motifs is 2. The third-order valence-corrected chi connectivity index (χ3v) is 6.47. The molecule has 3 aliphatic rings. The van der Waals surface area contributed by atoms with Crippen LogP contribution in [0.1, 0.15) is 45.0 Å². The van der Waals surface area contributed by atoms with Crippen LogP contribution in [0.5, 0.6) is 0 Å². The Morgan fingerprint density at radius 3 is 2.55 bits per heavy atom. The number of nitrogens with one attached hydrogen (secondary N) is 1. The number of carbonyl (C=O) groups excluding carboxylic acids is 2. The van der Waals surface area contributed by atoms with Crippen molar-refractivity contribution in [3.05, 3.63) is 35.9 Å². The summed E-state index contributed by atoms with van der Waals surface area (Å²) < 4.78 is 7.55. The zero-order chi connectivity index (χ0) is 20.6. The van der Waals surface area contributed by atoms with E-state index < -0.39 is 5.60 Å². The van der Waals surface area contributed by atoms with Gasteiger partial charge in [0.05, 0.1) is 17.3 Å². The van der Waals surface area contributed by atoms with Gasteiger partial charge in [0.25, 0.3) is 0 Å². The number of piperidine rings is 1. The Labute approximate surface area is 170 Å². The standard InChI is InChI=1S/C22H28N4O3/c1-13-6-5-9-26-16(13)10-23-19(26)22(7-8-22)24-18(27)17-14-11-25(12-15(14)17)20(28)29-21(2,3)4/h5-6,9-10,14-15,17H,7-8,11-12H2,1-4H3,(H,24,27)/t14-,15+,17+. The monoisotopic (exact) mass is 396 g/mol. The summed E-state index contributed by atoms with van der Waals surface area (Å²) >= 11 is 0. The van der Waals surface area contributed by atoms with Gasteiger partial charge in [-0.2, -0.15) is 0 Å². The molecule has 0 unspecified atom stereocenters. The molecule has 0 bridgehead atoms. The van der Waals surface area contributed by atoms with Gasteiger partial charge in [-0.1, -0.05) is 6.07 Å². The van der Waals surface area contributed by atoms with Crippen LogP contribution in [0.25, 0.3) is 5.52 Å². The van der Waals surface area contributed by atoms with E-state index >= 15 is 0 Å². The fourth-order valence-electron chi connectivity index (χ4n) is 4.76. The van der Waals surface area contributed by atoms with Crippen molar-refractivity contribution in [1.82, 2.24) is 19.6 Å². The Balaban J connectivity index is 1.24. The van der Waals surface area contributed by atoms with E-state index in [0.717, 1.165) is 24.2 Å². The summed E-state index contributed by atoms with van der Waals surface area (Å²) in [4.78, 5) is 31.6. The molecule has 1 N–H and O–H groups in total. The van der Waals surface area contributed by atoms with Crippen molar-refractivity contribution in [3.63, 3.8) is 0 Å². The highest BCUT2D eigenvalue weighted by Gasteiger charge is 2.62. The Hall–Kier alpha value is -2.57. The first-order chi connectivity index (χ1) is 13.7. The molecule has 0 aromatic carbocycles. The number of likely N-dealkylation sites (tertiary alicyclic amines) is 1. The molecular formula is C22H28N4O3. The summed E-state index contributed by atoms with van der Waals surface area (Å²) in [7, 11) is 0. The van der Waals surface area contributed by atoms with E-state index in [2.05, 4.69) is 27.7 Å². The zero-order valence-electron chi connectivity index (χ0n) is 17.4. The molecular weight excluding hydrogens is 368 g/mol. The van der Waals surface area contributed by atoms with E-state index in [0.29, 0.717) is 13.1 Å². The van der Waals surface area contributed by atoms with E-state index in [1.165, 1.54) is 5.56 Å². The molecule has 2 saturated carbocycles. The minimum atomic E-state index is -0.496. The lowest BCUT2D eigenvalue weighted by Gasteiger charge is -2.26. The average Bonchev–Trinajstić information content (AvgIpc) is 3.42.